The summed E-state index contributed by atoms with van der Waals surface area (Å²) in [5.74, 6) is -1.08. The van der Waals surface area contributed by atoms with E-state index in [2.05, 4.69) is 10.5 Å². The molecular formula is C17H10N2O5. The van der Waals surface area contributed by atoms with Gasteiger partial charge in [0, 0.05) is 10.8 Å². The molecule has 118 valence electrons. The first-order chi connectivity index (χ1) is 11.5. The highest BCUT2D eigenvalue weighted by Crippen LogP contribution is 2.09. The molecule has 0 aromatic heterocycles. The Labute approximate surface area is 133 Å². The SMILES string of the molecule is O=C(O)c1ccc(N/N=c2\c(=O)c(=O)c3ccccc3c2=O)cc1. The average Bonchev–Trinajstić information content (AvgIpc) is 2.60. The molecule has 7 heteroatoms. The highest BCUT2D eigenvalue weighted by Gasteiger charge is 2.10. The summed E-state index contributed by atoms with van der Waals surface area (Å²) in [6.45, 7) is 0. The van der Waals surface area contributed by atoms with Crippen LogP contribution in [0.15, 0.2) is 68.0 Å². The first-order valence-corrected chi connectivity index (χ1v) is 6.89. The van der Waals surface area contributed by atoms with Crippen molar-refractivity contribution in [3.8, 4) is 0 Å². The third-order valence-electron chi connectivity index (χ3n) is 3.48. The smallest absolute Gasteiger partial charge is 0.335 e. The summed E-state index contributed by atoms with van der Waals surface area (Å²) in [6.07, 6.45) is 0. The van der Waals surface area contributed by atoms with Crippen molar-refractivity contribution in [2.24, 2.45) is 5.10 Å². The molecule has 0 saturated heterocycles. The predicted octanol–water partition coefficient (Wildman–Crippen LogP) is 0.422. The van der Waals surface area contributed by atoms with Gasteiger partial charge in [-0.3, -0.25) is 19.8 Å². The Morgan fingerprint density at radius 2 is 1.42 bits per heavy atom. The van der Waals surface area contributed by atoms with Crippen molar-refractivity contribution < 1.29 is 9.90 Å². The van der Waals surface area contributed by atoms with Gasteiger partial charge < -0.3 is 5.11 Å². The zero-order valence-corrected chi connectivity index (χ0v) is 12.1. The summed E-state index contributed by atoms with van der Waals surface area (Å²) in [4.78, 5) is 47.2. The maximum Gasteiger partial charge on any atom is 0.335 e. The molecule has 0 heterocycles. The lowest BCUT2D eigenvalue weighted by atomic mass is 10.1. The maximum atomic E-state index is 12.3. The van der Waals surface area contributed by atoms with Crippen LogP contribution in [0.25, 0.3) is 10.8 Å². The summed E-state index contributed by atoms with van der Waals surface area (Å²) >= 11 is 0. The molecule has 0 unspecified atom stereocenters. The fourth-order valence-electron chi connectivity index (χ4n) is 2.25. The van der Waals surface area contributed by atoms with Gasteiger partial charge in [0.2, 0.25) is 10.9 Å². The van der Waals surface area contributed by atoms with Crippen LogP contribution in [-0.2, 0) is 0 Å². The minimum Gasteiger partial charge on any atom is -0.478 e. The molecule has 0 aliphatic heterocycles. The van der Waals surface area contributed by atoms with E-state index in [-0.39, 0.29) is 16.3 Å². The molecule has 0 amide bonds. The van der Waals surface area contributed by atoms with E-state index in [1.165, 1.54) is 36.4 Å². The molecule has 3 aromatic carbocycles. The summed E-state index contributed by atoms with van der Waals surface area (Å²) < 4.78 is 0. The van der Waals surface area contributed by atoms with Crippen molar-refractivity contribution in [1.82, 2.24) is 0 Å². The zero-order valence-electron chi connectivity index (χ0n) is 12.1. The predicted molar refractivity (Wildman–Crippen MR) is 87.7 cm³/mol. The quantitative estimate of drug-likeness (QED) is 0.534. The van der Waals surface area contributed by atoms with Crippen molar-refractivity contribution in [1.29, 1.82) is 0 Å². The van der Waals surface area contributed by atoms with Crippen LogP contribution in [0.2, 0.25) is 0 Å². The Morgan fingerprint density at radius 1 is 0.833 bits per heavy atom. The van der Waals surface area contributed by atoms with Crippen LogP contribution in [0.1, 0.15) is 10.4 Å². The minimum absolute atomic E-state index is 0.0669. The Balaban J connectivity index is 2.11. The molecule has 0 spiro atoms. The van der Waals surface area contributed by atoms with Crippen molar-refractivity contribution in [3.63, 3.8) is 0 Å². The second-order valence-electron chi connectivity index (χ2n) is 4.99. The zero-order chi connectivity index (χ0) is 17.3. The van der Waals surface area contributed by atoms with Crippen molar-refractivity contribution >= 4 is 22.4 Å². The van der Waals surface area contributed by atoms with Crippen LogP contribution in [0.5, 0.6) is 0 Å². The average molecular weight is 322 g/mol. The number of benzene rings is 3. The van der Waals surface area contributed by atoms with Crippen LogP contribution >= 0.6 is 0 Å². The van der Waals surface area contributed by atoms with Gasteiger partial charge in [0.05, 0.1) is 11.3 Å². The van der Waals surface area contributed by atoms with E-state index in [0.717, 1.165) is 0 Å². The lowest BCUT2D eigenvalue weighted by molar-refractivity contribution is 0.0697. The molecule has 7 nitrogen and oxygen atoms in total. The van der Waals surface area contributed by atoms with Gasteiger partial charge in [0.1, 0.15) is 0 Å². The molecule has 2 N–H and O–H groups in total. The number of nitrogens with zero attached hydrogens (tertiary/aromatic N) is 1. The summed E-state index contributed by atoms with van der Waals surface area (Å²) in [5, 5.41) is 12.3. The van der Waals surface area contributed by atoms with Crippen LogP contribution < -0.4 is 27.1 Å². The van der Waals surface area contributed by atoms with E-state index < -0.39 is 27.6 Å². The number of nitrogens with one attached hydrogen (secondary N) is 1. The summed E-state index contributed by atoms with van der Waals surface area (Å²) in [6, 6.07) is 11.6. The van der Waals surface area contributed by atoms with E-state index in [1.54, 1.807) is 12.1 Å². The molecule has 0 aliphatic rings. The fraction of sp³-hybridized carbons (Fsp3) is 0. The van der Waals surface area contributed by atoms with E-state index in [9.17, 15) is 19.2 Å². The first-order valence-electron chi connectivity index (χ1n) is 6.89. The van der Waals surface area contributed by atoms with Gasteiger partial charge in [-0.2, -0.15) is 5.10 Å². The largest absolute Gasteiger partial charge is 0.478 e. The number of rotatable bonds is 3. The van der Waals surface area contributed by atoms with Gasteiger partial charge >= 0.3 is 5.97 Å². The van der Waals surface area contributed by atoms with E-state index in [4.69, 9.17) is 5.11 Å². The van der Waals surface area contributed by atoms with E-state index in [0.29, 0.717) is 5.69 Å². The van der Waals surface area contributed by atoms with Crippen molar-refractivity contribution in [3.05, 3.63) is 90.1 Å². The highest BCUT2D eigenvalue weighted by molar-refractivity contribution is 5.88. The highest BCUT2D eigenvalue weighted by atomic mass is 16.4. The monoisotopic (exact) mass is 322 g/mol. The molecule has 0 atom stereocenters. The van der Waals surface area contributed by atoms with Gasteiger partial charge in [-0.15, -0.1) is 0 Å². The third kappa shape index (κ3) is 2.58. The fourth-order valence-corrected chi connectivity index (χ4v) is 2.25. The standard InChI is InChI=1S/C17H10N2O5/c20-14-11-3-1-2-4-12(11)15(21)16(22)13(14)19-18-10-7-5-9(6-8-10)17(23)24/h1-8,18H,(H,23,24)/b19-13-. The second-order valence-corrected chi connectivity index (χ2v) is 4.99. The van der Waals surface area contributed by atoms with Crippen LogP contribution in [0, 0.1) is 0 Å². The molecule has 0 aliphatic carbocycles. The van der Waals surface area contributed by atoms with Crippen molar-refractivity contribution in [2.45, 2.75) is 0 Å². The lowest BCUT2D eigenvalue weighted by Gasteiger charge is -2.00. The number of carboxylic acids is 1. The normalized spacial score (nSPS) is 11.6. The Kier molecular flexibility index (Phi) is 3.75. The van der Waals surface area contributed by atoms with Crippen molar-refractivity contribution in [2.75, 3.05) is 5.43 Å². The molecule has 24 heavy (non-hydrogen) atoms. The van der Waals surface area contributed by atoms with Gasteiger partial charge in [0.15, 0.2) is 5.36 Å². The number of hydrogen-bond acceptors (Lipinski definition) is 6. The van der Waals surface area contributed by atoms with Gasteiger partial charge in [0.25, 0.3) is 5.43 Å². The Bertz CT molecular complexity index is 1160. The molecule has 3 aromatic rings. The van der Waals surface area contributed by atoms with E-state index in [1.807, 2.05) is 0 Å². The number of hydrogen-bond donors (Lipinski definition) is 2. The molecule has 0 saturated carbocycles. The molecule has 0 bridgehead atoms. The number of fused-ring (bicyclic) bond motifs is 1. The van der Waals surface area contributed by atoms with E-state index >= 15 is 0 Å². The minimum atomic E-state index is -1.08. The number of carboxylic acid groups (broad SMARTS) is 1. The van der Waals surface area contributed by atoms with Crippen LogP contribution in [0.4, 0.5) is 5.69 Å². The Morgan fingerprint density at radius 3 is 2.00 bits per heavy atom. The van der Waals surface area contributed by atoms with Gasteiger partial charge in [-0.1, -0.05) is 24.3 Å². The number of anilines is 1. The number of aromatic carboxylic acids is 1. The first kappa shape index (κ1) is 15.3. The van der Waals surface area contributed by atoms with Crippen LogP contribution in [-0.4, -0.2) is 11.1 Å². The molecule has 0 radical (unpaired) electrons. The maximum absolute atomic E-state index is 12.3. The second kappa shape index (κ2) is 5.88. The summed E-state index contributed by atoms with van der Waals surface area (Å²) in [7, 11) is 0. The molecule has 0 fully saturated rings. The van der Waals surface area contributed by atoms with Gasteiger partial charge in [-0.05, 0) is 24.3 Å². The van der Waals surface area contributed by atoms with Crippen LogP contribution in [0.3, 0.4) is 0 Å². The topological polar surface area (TPSA) is 113 Å². The third-order valence-corrected chi connectivity index (χ3v) is 3.48. The molecular weight excluding hydrogens is 312 g/mol. The molecule has 3 rings (SSSR count). The summed E-state index contributed by atoms with van der Waals surface area (Å²) in [5.41, 5.74) is 0.556. The number of carbonyl (C=O) groups is 1. The lowest BCUT2D eigenvalue weighted by Crippen LogP contribution is -2.48. The Hall–Kier alpha value is -3.61. The van der Waals surface area contributed by atoms with Gasteiger partial charge in [-0.25, -0.2) is 4.79 Å².